The van der Waals surface area contributed by atoms with Crippen molar-refractivity contribution in [3.8, 4) is 17.2 Å². The Morgan fingerprint density at radius 3 is 2.58 bits per heavy atom. The zero-order valence-electron chi connectivity index (χ0n) is 17.9. The van der Waals surface area contributed by atoms with Crippen LogP contribution in [-0.4, -0.2) is 29.9 Å². The summed E-state index contributed by atoms with van der Waals surface area (Å²) in [4.78, 5) is 15.2. The number of rotatable bonds is 6. The largest absolute Gasteiger partial charge is 0.507 e. The van der Waals surface area contributed by atoms with Crippen LogP contribution < -0.4 is 9.47 Å². The van der Waals surface area contributed by atoms with Gasteiger partial charge in [-0.25, -0.2) is 0 Å². The van der Waals surface area contributed by atoms with Crippen molar-refractivity contribution in [2.24, 2.45) is 0 Å². The molecular weight excluding hydrogens is 390 g/mol. The van der Waals surface area contributed by atoms with Gasteiger partial charge in [0.25, 0.3) is 0 Å². The number of ether oxygens (including phenoxy) is 2. The highest BCUT2D eigenvalue weighted by Gasteiger charge is 2.33. The molecule has 0 saturated heterocycles. The number of ketones is 1. The third kappa shape index (κ3) is 4.32. The van der Waals surface area contributed by atoms with Gasteiger partial charge in [0.2, 0.25) is 5.78 Å². The molecule has 1 aliphatic rings. The molecule has 31 heavy (non-hydrogen) atoms. The van der Waals surface area contributed by atoms with Gasteiger partial charge < -0.3 is 14.6 Å². The van der Waals surface area contributed by atoms with Crippen LogP contribution in [0.5, 0.6) is 17.2 Å². The van der Waals surface area contributed by atoms with E-state index >= 15 is 0 Å². The second kappa shape index (κ2) is 8.66. The van der Waals surface area contributed by atoms with Gasteiger partial charge in [-0.15, -0.1) is 0 Å². The fourth-order valence-electron chi connectivity index (χ4n) is 3.84. The normalized spacial score (nSPS) is 14.1. The zero-order valence-corrected chi connectivity index (χ0v) is 17.9. The minimum atomic E-state index is -0.178. The maximum atomic E-state index is 13.1. The van der Waals surface area contributed by atoms with Crippen molar-refractivity contribution < 1.29 is 19.4 Å². The first-order chi connectivity index (χ1) is 15.0. The Balaban J connectivity index is 1.65. The number of nitrogens with zero attached hydrogens (tertiary/aromatic N) is 1. The van der Waals surface area contributed by atoms with Crippen molar-refractivity contribution in [3.05, 3.63) is 94.2 Å². The molecule has 0 unspecified atom stereocenters. The van der Waals surface area contributed by atoms with Crippen LogP contribution in [0, 0.1) is 6.92 Å². The number of aryl methyl sites for hydroxylation is 1. The molecule has 0 radical (unpaired) electrons. The van der Waals surface area contributed by atoms with Gasteiger partial charge >= 0.3 is 0 Å². The average Bonchev–Trinajstić information content (AvgIpc) is 3.08. The van der Waals surface area contributed by atoms with E-state index in [4.69, 9.17) is 9.47 Å². The van der Waals surface area contributed by atoms with Crippen LogP contribution in [-0.2, 0) is 13.1 Å². The molecule has 1 N–H and O–H groups in total. The first-order valence-corrected chi connectivity index (χ1v) is 10.1. The smallest absolute Gasteiger partial charge is 0.232 e. The maximum absolute atomic E-state index is 13.1. The minimum absolute atomic E-state index is 0.131. The summed E-state index contributed by atoms with van der Waals surface area (Å²) < 4.78 is 11.3. The molecule has 0 spiro atoms. The third-order valence-corrected chi connectivity index (χ3v) is 5.34. The lowest BCUT2D eigenvalue weighted by atomic mass is 9.99. The van der Waals surface area contributed by atoms with Gasteiger partial charge in [0.05, 0.1) is 18.2 Å². The van der Waals surface area contributed by atoms with Crippen molar-refractivity contribution >= 4 is 11.9 Å². The van der Waals surface area contributed by atoms with Crippen molar-refractivity contribution in [2.45, 2.75) is 20.0 Å². The number of methoxy groups -OCH3 is 1. The number of phenols is 1. The lowest BCUT2D eigenvalue weighted by molar-refractivity contribution is 0.101. The van der Waals surface area contributed by atoms with E-state index in [0.717, 1.165) is 5.56 Å². The molecule has 158 valence electrons. The zero-order chi connectivity index (χ0) is 22.0. The van der Waals surface area contributed by atoms with E-state index in [2.05, 4.69) is 17.0 Å². The van der Waals surface area contributed by atoms with Crippen molar-refractivity contribution in [1.82, 2.24) is 4.90 Å². The van der Waals surface area contributed by atoms with Crippen LogP contribution in [0.15, 0.2) is 66.4 Å². The van der Waals surface area contributed by atoms with Gasteiger partial charge in [-0.1, -0.05) is 42.5 Å². The summed E-state index contributed by atoms with van der Waals surface area (Å²) in [6.07, 6.45) is 1.71. The fraction of sp³-hybridized carbons (Fsp3) is 0.192. The van der Waals surface area contributed by atoms with Crippen LogP contribution in [0.1, 0.15) is 32.6 Å². The molecule has 5 heteroatoms. The summed E-state index contributed by atoms with van der Waals surface area (Å²) in [6, 6.07) is 19.2. The van der Waals surface area contributed by atoms with Gasteiger partial charge in [0, 0.05) is 13.1 Å². The topological polar surface area (TPSA) is 59.0 Å². The Morgan fingerprint density at radius 2 is 1.84 bits per heavy atom. The second-order valence-electron chi connectivity index (χ2n) is 7.77. The fourth-order valence-corrected chi connectivity index (χ4v) is 3.84. The van der Waals surface area contributed by atoms with Gasteiger partial charge in [-0.2, -0.15) is 0 Å². The molecule has 0 atom stereocenters. The van der Waals surface area contributed by atoms with Crippen molar-refractivity contribution in [2.75, 3.05) is 14.2 Å². The Morgan fingerprint density at radius 1 is 1.06 bits per heavy atom. The summed E-state index contributed by atoms with van der Waals surface area (Å²) >= 11 is 0. The van der Waals surface area contributed by atoms with Gasteiger partial charge in [-0.05, 0) is 54.9 Å². The van der Waals surface area contributed by atoms with E-state index < -0.39 is 0 Å². The molecule has 4 rings (SSSR count). The number of carbonyl (C=O) groups excluding carboxylic acids is 1. The summed E-state index contributed by atoms with van der Waals surface area (Å²) in [6.45, 7) is 2.97. The Labute approximate surface area is 182 Å². The lowest BCUT2D eigenvalue weighted by Crippen LogP contribution is -2.17. The molecule has 0 amide bonds. The molecule has 5 nitrogen and oxygen atoms in total. The summed E-state index contributed by atoms with van der Waals surface area (Å²) in [5, 5.41) is 10.6. The van der Waals surface area contributed by atoms with Crippen molar-refractivity contribution in [3.63, 3.8) is 0 Å². The lowest BCUT2D eigenvalue weighted by Gasteiger charge is -2.19. The Kier molecular flexibility index (Phi) is 5.78. The Bertz CT molecular complexity index is 1150. The molecule has 0 fully saturated rings. The van der Waals surface area contributed by atoms with E-state index in [9.17, 15) is 9.90 Å². The Hall–Kier alpha value is -3.57. The summed E-state index contributed by atoms with van der Waals surface area (Å²) in [5.41, 5.74) is 3.79. The van der Waals surface area contributed by atoms with Gasteiger partial charge in [-0.3, -0.25) is 9.69 Å². The van der Waals surface area contributed by atoms with Crippen LogP contribution in [0.4, 0.5) is 0 Å². The maximum Gasteiger partial charge on any atom is 0.232 e. The van der Waals surface area contributed by atoms with Gasteiger partial charge in [0.1, 0.15) is 17.2 Å². The number of allylic oxidation sites excluding steroid dienone is 1. The molecule has 3 aromatic carbocycles. The average molecular weight is 415 g/mol. The minimum Gasteiger partial charge on any atom is -0.507 e. The van der Waals surface area contributed by atoms with E-state index in [0.29, 0.717) is 41.3 Å². The number of hydrogen-bond acceptors (Lipinski definition) is 5. The highest BCUT2D eigenvalue weighted by atomic mass is 16.5. The van der Waals surface area contributed by atoms with E-state index in [1.54, 1.807) is 19.3 Å². The third-order valence-electron chi connectivity index (χ3n) is 5.34. The SMILES string of the molecule is COc1cccc(/C=C2\Oc3c(CN(C)Cc4ccccc4)c(O)cc(C)c3C2=O)c1. The number of aromatic hydroxyl groups is 1. The quantitative estimate of drug-likeness (QED) is 0.577. The first-order valence-electron chi connectivity index (χ1n) is 10.1. The number of hydrogen-bond donors (Lipinski definition) is 1. The monoisotopic (exact) mass is 415 g/mol. The van der Waals surface area contributed by atoms with E-state index in [1.165, 1.54) is 5.56 Å². The highest BCUT2D eigenvalue weighted by Crippen LogP contribution is 2.42. The number of Topliss-reactive ketones (excluding diaryl/α,β-unsaturated/α-hetero) is 1. The molecule has 3 aromatic rings. The predicted molar refractivity (Wildman–Crippen MR) is 120 cm³/mol. The number of carbonyl (C=O) groups is 1. The van der Waals surface area contributed by atoms with E-state index in [1.807, 2.05) is 56.4 Å². The summed E-state index contributed by atoms with van der Waals surface area (Å²) in [7, 11) is 3.58. The van der Waals surface area contributed by atoms with E-state index in [-0.39, 0.29) is 17.3 Å². The predicted octanol–water partition coefficient (Wildman–Crippen LogP) is 4.96. The molecule has 1 aliphatic heterocycles. The summed E-state index contributed by atoms with van der Waals surface area (Å²) in [5.74, 6) is 1.34. The number of benzene rings is 3. The van der Waals surface area contributed by atoms with Crippen LogP contribution in [0.25, 0.3) is 6.08 Å². The molecule has 0 bridgehead atoms. The molecule has 0 aromatic heterocycles. The second-order valence-corrected chi connectivity index (χ2v) is 7.77. The number of fused-ring (bicyclic) bond motifs is 1. The molecule has 1 heterocycles. The molecular formula is C26H25NO4. The standard InChI is InChI=1S/C26H25NO4/c1-17-12-22(28)21(16-27(2)15-18-8-5-4-6-9-18)26-24(17)25(29)23(31-26)14-19-10-7-11-20(13-19)30-3/h4-14,28H,15-16H2,1-3H3/b23-14-. The van der Waals surface area contributed by atoms with Gasteiger partial charge in [0.15, 0.2) is 5.76 Å². The van der Waals surface area contributed by atoms with Crippen LogP contribution >= 0.6 is 0 Å². The first kappa shape index (κ1) is 20.7. The number of phenolic OH excluding ortho intramolecular Hbond substituents is 1. The van der Waals surface area contributed by atoms with Crippen molar-refractivity contribution in [1.29, 1.82) is 0 Å². The molecule has 0 aliphatic carbocycles. The van der Waals surface area contributed by atoms with Crippen LogP contribution in [0.3, 0.4) is 0 Å². The van der Waals surface area contributed by atoms with Crippen LogP contribution in [0.2, 0.25) is 0 Å². The highest BCUT2D eigenvalue weighted by molar-refractivity contribution is 6.15. The molecule has 0 saturated carbocycles.